The van der Waals surface area contributed by atoms with Gasteiger partial charge in [-0.25, -0.2) is 4.98 Å². The van der Waals surface area contributed by atoms with Crippen molar-refractivity contribution in [2.75, 3.05) is 19.7 Å². The SMILES string of the molecule is CCOC(=O)C1(CCc2ccccc2)CCCN(Cc2nccn2C)C1. The van der Waals surface area contributed by atoms with E-state index < -0.39 is 5.41 Å². The molecule has 0 N–H and O–H groups in total. The highest BCUT2D eigenvalue weighted by atomic mass is 16.5. The van der Waals surface area contributed by atoms with E-state index in [0.29, 0.717) is 6.61 Å². The zero-order valence-electron chi connectivity index (χ0n) is 15.9. The molecule has 1 fully saturated rings. The average molecular weight is 355 g/mol. The molecule has 1 unspecified atom stereocenters. The first-order valence-corrected chi connectivity index (χ1v) is 9.53. The maximum Gasteiger partial charge on any atom is 0.313 e. The summed E-state index contributed by atoms with van der Waals surface area (Å²) >= 11 is 0. The van der Waals surface area contributed by atoms with Crippen LogP contribution in [0.2, 0.25) is 0 Å². The molecule has 5 nitrogen and oxygen atoms in total. The van der Waals surface area contributed by atoms with E-state index in [1.807, 2.05) is 37.0 Å². The molecule has 0 radical (unpaired) electrons. The topological polar surface area (TPSA) is 47.4 Å². The van der Waals surface area contributed by atoms with Gasteiger partial charge in [-0.05, 0) is 44.7 Å². The standard InChI is InChI=1S/C21H29N3O2/c1-3-26-20(25)21(12-10-18-8-5-4-6-9-18)11-7-14-24(17-21)16-19-22-13-15-23(19)2/h4-6,8-9,13,15H,3,7,10-12,14,16-17H2,1-2H3. The highest BCUT2D eigenvalue weighted by Crippen LogP contribution is 2.36. The van der Waals surface area contributed by atoms with Crippen molar-refractivity contribution in [2.24, 2.45) is 12.5 Å². The Morgan fingerprint density at radius 1 is 1.31 bits per heavy atom. The van der Waals surface area contributed by atoms with Gasteiger partial charge in [0.25, 0.3) is 0 Å². The molecule has 140 valence electrons. The molecule has 26 heavy (non-hydrogen) atoms. The van der Waals surface area contributed by atoms with Crippen molar-refractivity contribution in [3.8, 4) is 0 Å². The molecule has 1 aliphatic rings. The van der Waals surface area contributed by atoms with Crippen LogP contribution in [0.15, 0.2) is 42.7 Å². The summed E-state index contributed by atoms with van der Waals surface area (Å²) in [7, 11) is 2.01. The lowest BCUT2D eigenvalue weighted by Gasteiger charge is -2.41. The number of nitrogens with zero attached hydrogens (tertiary/aromatic N) is 3. The number of ether oxygens (including phenoxy) is 1. The lowest BCUT2D eigenvalue weighted by molar-refractivity contribution is -0.160. The van der Waals surface area contributed by atoms with Gasteiger partial charge in [-0.2, -0.15) is 0 Å². The van der Waals surface area contributed by atoms with Gasteiger partial charge < -0.3 is 9.30 Å². The number of likely N-dealkylation sites (tertiary alicyclic amines) is 1. The van der Waals surface area contributed by atoms with Crippen molar-refractivity contribution in [1.29, 1.82) is 0 Å². The first-order chi connectivity index (χ1) is 12.6. The van der Waals surface area contributed by atoms with Crippen LogP contribution in [0.4, 0.5) is 0 Å². The Kier molecular flexibility index (Phi) is 6.09. The number of esters is 1. The predicted octanol–water partition coefficient (Wildman–Crippen LogP) is 3.20. The first-order valence-electron chi connectivity index (χ1n) is 9.53. The predicted molar refractivity (Wildman–Crippen MR) is 102 cm³/mol. The van der Waals surface area contributed by atoms with Crippen LogP contribution < -0.4 is 0 Å². The molecule has 0 amide bonds. The van der Waals surface area contributed by atoms with Crippen LogP contribution in [-0.2, 0) is 29.5 Å². The maximum atomic E-state index is 12.9. The minimum absolute atomic E-state index is 0.0412. The molecule has 2 heterocycles. The van der Waals surface area contributed by atoms with Crippen molar-refractivity contribution >= 4 is 5.97 Å². The molecule has 0 saturated carbocycles. The summed E-state index contributed by atoms with van der Waals surface area (Å²) in [4.78, 5) is 19.7. The third kappa shape index (κ3) is 4.33. The molecule has 0 spiro atoms. The Morgan fingerprint density at radius 2 is 2.12 bits per heavy atom. The molecule has 5 heteroatoms. The highest BCUT2D eigenvalue weighted by Gasteiger charge is 2.43. The van der Waals surface area contributed by atoms with Gasteiger partial charge in [0, 0.05) is 26.0 Å². The number of carbonyl (C=O) groups excluding carboxylic acids is 1. The first kappa shape index (κ1) is 18.6. The zero-order valence-corrected chi connectivity index (χ0v) is 15.9. The number of benzene rings is 1. The smallest absolute Gasteiger partial charge is 0.313 e. The van der Waals surface area contributed by atoms with Gasteiger partial charge in [-0.3, -0.25) is 9.69 Å². The minimum atomic E-state index is -0.421. The quantitative estimate of drug-likeness (QED) is 0.716. The molecular weight excluding hydrogens is 326 g/mol. The Balaban J connectivity index is 1.73. The lowest BCUT2D eigenvalue weighted by atomic mass is 9.75. The van der Waals surface area contributed by atoms with Crippen molar-refractivity contribution in [2.45, 2.75) is 39.2 Å². The van der Waals surface area contributed by atoms with E-state index in [-0.39, 0.29) is 5.97 Å². The molecule has 3 rings (SSSR count). The van der Waals surface area contributed by atoms with Gasteiger partial charge in [0.05, 0.1) is 18.6 Å². The number of piperidine rings is 1. The molecule has 2 aromatic rings. The number of aromatic nitrogens is 2. The summed E-state index contributed by atoms with van der Waals surface area (Å²) in [5, 5.41) is 0. The summed E-state index contributed by atoms with van der Waals surface area (Å²) in [6.07, 6.45) is 7.43. The fourth-order valence-corrected chi connectivity index (χ4v) is 3.90. The number of rotatable bonds is 7. The van der Waals surface area contributed by atoms with Gasteiger partial charge >= 0.3 is 5.97 Å². The zero-order chi connectivity index (χ0) is 18.4. The number of carbonyl (C=O) groups is 1. The second kappa shape index (κ2) is 8.49. The molecule has 1 aliphatic heterocycles. The van der Waals surface area contributed by atoms with Crippen molar-refractivity contribution in [3.05, 3.63) is 54.1 Å². The van der Waals surface area contributed by atoms with Gasteiger partial charge in [-0.1, -0.05) is 30.3 Å². The van der Waals surface area contributed by atoms with Gasteiger partial charge in [-0.15, -0.1) is 0 Å². The van der Waals surface area contributed by atoms with Gasteiger partial charge in [0.2, 0.25) is 0 Å². The Morgan fingerprint density at radius 3 is 2.81 bits per heavy atom. The van der Waals surface area contributed by atoms with E-state index >= 15 is 0 Å². The molecule has 1 atom stereocenters. The molecule has 1 aromatic heterocycles. The maximum absolute atomic E-state index is 12.9. The van der Waals surface area contributed by atoms with Crippen molar-refractivity contribution < 1.29 is 9.53 Å². The van der Waals surface area contributed by atoms with E-state index in [9.17, 15) is 4.79 Å². The normalized spacial score (nSPS) is 20.8. The van der Waals surface area contributed by atoms with Crippen LogP contribution in [0.1, 0.15) is 37.6 Å². The van der Waals surface area contributed by atoms with Crippen LogP contribution >= 0.6 is 0 Å². The molecule has 1 saturated heterocycles. The van der Waals surface area contributed by atoms with Crippen LogP contribution in [0.5, 0.6) is 0 Å². The number of imidazole rings is 1. The average Bonchev–Trinajstić information content (AvgIpc) is 3.06. The number of hydrogen-bond acceptors (Lipinski definition) is 4. The Labute approximate surface area is 156 Å². The third-order valence-electron chi connectivity index (χ3n) is 5.39. The number of aryl methyl sites for hydroxylation is 2. The van der Waals surface area contributed by atoms with E-state index in [0.717, 1.165) is 51.1 Å². The van der Waals surface area contributed by atoms with E-state index in [2.05, 4.69) is 34.1 Å². The second-order valence-corrected chi connectivity index (χ2v) is 7.25. The minimum Gasteiger partial charge on any atom is -0.466 e. The fourth-order valence-electron chi connectivity index (χ4n) is 3.90. The van der Waals surface area contributed by atoms with Crippen LogP contribution in [0.25, 0.3) is 0 Å². The van der Waals surface area contributed by atoms with Crippen molar-refractivity contribution in [3.63, 3.8) is 0 Å². The number of hydrogen-bond donors (Lipinski definition) is 0. The molecule has 0 bridgehead atoms. The summed E-state index contributed by atoms with van der Waals surface area (Å²) in [5.74, 6) is 0.994. The summed E-state index contributed by atoms with van der Waals surface area (Å²) in [6, 6.07) is 10.4. The van der Waals surface area contributed by atoms with Crippen LogP contribution in [0.3, 0.4) is 0 Å². The largest absolute Gasteiger partial charge is 0.466 e. The van der Waals surface area contributed by atoms with Gasteiger partial charge in [0.15, 0.2) is 0 Å². The fraction of sp³-hybridized carbons (Fsp3) is 0.524. The summed E-state index contributed by atoms with van der Waals surface area (Å²) < 4.78 is 7.54. The third-order valence-corrected chi connectivity index (χ3v) is 5.39. The van der Waals surface area contributed by atoms with E-state index in [1.165, 1.54) is 5.56 Å². The van der Waals surface area contributed by atoms with Crippen LogP contribution in [-0.4, -0.2) is 40.1 Å². The summed E-state index contributed by atoms with van der Waals surface area (Å²) in [6.45, 7) is 4.84. The highest BCUT2D eigenvalue weighted by molar-refractivity contribution is 5.77. The Hall–Kier alpha value is -2.14. The van der Waals surface area contributed by atoms with E-state index in [4.69, 9.17) is 4.74 Å². The van der Waals surface area contributed by atoms with Crippen LogP contribution in [0, 0.1) is 5.41 Å². The van der Waals surface area contributed by atoms with E-state index in [1.54, 1.807) is 0 Å². The molecular formula is C21H29N3O2. The lowest BCUT2D eigenvalue weighted by Crippen LogP contribution is -2.48. The summed E-state index contributed by atoms with van der Waals surface area (Å²) in [5.41, 5.74) is 0.854. The monoisotopic (exact) mass is 355 g/mol. The molecule has 0 aliphatic carbocycles. The Bertz CT molecular complexity index is 713. The second-order valence-electron chi connectivity index (χ2n) is 7.25. The van der Waals surface area contributed by atoms with Crippen molar-refractivity contribution in [1.82, 2.24) is 14.5 Å². The molecule has 1 aromatic carbocycles. The van der Waals surface area contributed by atoms with Gasteiger partial charge in [0.1, 0.15) is 5.82 Å².